The van der Waals surface area contributed by atoms with Gasteiger partial charge < -0.3 is 0 Å². The minimum atomic E-state index is 0.803. The molecule has 0 fully saturated rings. The van der Waals surface area contributed by atoms with Crippen LogP contribution in [0.3, 0.4) is 0 Å². The van der Waals surface area contributed by atoms with E-state index >= 15 is 0 Å². The van der Waals surface area contributed by atoms with Gasteiger partial charge in [0.05, 0.1) is 6.20 Å². The van der Waals surface area contributed by atoms with Crippen molar-refractivity contribution in [1.29, 1.82) is 0 Å². The molecule has 0 atom stereocenters. The molecule has 1 rings (SSSR count). The number of aromatic nitrogens is 2. The van der Waals surface area contributed by atoms with Crippen LogP contribution in [0.25, 0.3) is 5.57 Å². The van der Waals surface area contributed by atoms with Crippen molar-refractivity contribution in [3.63, 3.8) is 0 Å². The number of hydrogen-bond donors (Lipinski definition) is 0. The van der Waals surface area contributed by atoms with E-state index in [9.17, 15) is 0 Å². The summed E-state index contributed by atoms with van der Waals surface area (Å²) in [5.74, 6) is 0. The molecule has 0 saturated heterocycles. The molecule has 0 aliphatic rings. The summed E-state index contributed by atoms with van der Waals surface area (Å²) in [4.78, 5) is 0. The van der Waals surface area contributed by atoms with Gasteiger partial charge in [0, 0.05) is 0 Å². The van der Waals surface area contributed by atoms with Crippen LogP contribution in [0.5, 0.6) is 0 Å². The van der Waals surface area contributed by atoms with Crippen molar-refractivity contribution in [2.45, 2.75) is 27.7 Å². The Hall–Kier alpha value is -1.12. The Bertz CT molecular complexity index is 202. The van der Waals surface area contributed by atoms with Crippen molar-refractivity contribution >= 4 is 5.57 Å². The molecule has 3 heteroatoms. The van der Waals surface area contributed by atoms with Gasteiger partial charge in [-0.25, -0.2) is 4.63 Å². The highest BCUT2D eigenvalue weighted by atomic mass is 16.6. The molecule has 0 spiro atoms. The highest BCUT2D eigenvalue weighted by Crippen LogP contribution is 2.06. The maximum atomic E-state index is 4.40. The lowest BCUT2D eigenvalue weighted by Crippen LogP contribution is -1.74. The van der Waals surface area contributed by atoms with Gasteiger partial charge in [0.15, 0.2) is 0 Å². The van der Waals surface area contributed by atoms with Gasteiger partial charge in [0.25, 0.3) is 0 Å². The number of nitrogens with zero attached hydrogens (tertiary/aromatic N) is 2. The number of hydrogen-bond acceptors (Lipinski definition) is 3. The summed E-state index contributed by atoms with van der Waals surface area (Å²) >= 11 is 0. The van der Waals surface area contributed by atoms with E-state index < -0.39 is 0 Å². The number of rotatable bonds is 1. The Labute approximate surface area is 67.1 Å². The van der Waals surface area contributed by atoms with Crippen molar-refractivity contribution < 1.29 is 4.63 Å². The molecule has 0 bridgehead atoms. The minimum Gasteiger partial charge on any atom is -0.244 e. The zero-order chi connectivity index (χ0) is 8.69. The lowest BCUT2D eigenvalue weighted by molar-refractivity contribution is 0.306. The average molecular weight is 154 g/mol. The maximum absolute atomic E-state index is 4.40. The third-order valence-corrected chi connectivity index (χ3v) is 1.20. The second kappa shape index (κ2) is 5.65. The van der Waals surface area contributed by atoms with Gasteiger partial charge >= 0.3 is 0 Å². The van der Waals surface area contributed by atoms with Gasteiger partial charge in [-0.1, -0.05) is 30.2 Å². The monoisotopic (exact) mass is 154 g/mol. The molecule has 11 heavy (non-hydrogen) atoms. The highest BCUT2D eigenvalue weighted by Gasteiger charge is 1.96. The SMILES string of the molecule is C/C=C(\C)c1cnon1.CC. The van der Waals surface area contributed by atoms with Gasteiger partial charge in [0.1, 0.15) is 5.69 Å². The highest BCUT2D eigenvalue weighted by molar-refractivity contribution is 5.58. The molecule has 3 nitrogen and oxygen atoms in total. The lowest BCUT2D eigenvalue weighted by atomic mass is 10.2. The Balaban J connectivity index is 0.000000461. The van der Waals surface area contributed by atoms with Crippen LogP contribution in [-0.4, -0.2) is 10.3 Å². The summed E-state index contributed by atoms with van der Waals surface area (Å²) in [6, 6.07) is 0. The van der Waals surface area contributed by atoms with Crippen LogP contribution in [-0.2, 0) is 0 Å². The summed E-state index contributed by atoms with van der Waals surface area (Å²) in [5.41, 5.74) is 1.88. The van der Waals surface area contributed by atoms with Crippen LogP contribution >= 0.6 is 0 Å². The molecule has 62 valence electrons. The standard InChI is InChI=1S/C6H8N2O.C2H6/c1-3-5(2)6-4-7-9-8-6;1-2/h3-4H,1-2H3;1-2H3/b5-3+;. The van der Waals surface area contributed by atoms with E-state index in [-0.39, 0.29) is 0 Å². The molecule has 0 aromatic carbocycles. The summed E-state index contributed by atoms with van der Waals surface area (Å²) < 4.78 is 4.40. The molecule has 0 unspecified atom stereocenters. The van der Waals surface area contributed by atoms with Crippen molar-refractivity contribution in [2.24, 2.45) is 0 Å². The van der Waals surface area contributed by atoms with Gasteiger partial charge in [-0.3, -0.25) is 0 Å². The fourth-order valence-corrected chi connectivity index (χ4v) is 0.486. The zero-order valence-electron chi connectivity index (χ0n) is 7.46. The first-order chi connectivity index (χ1) is 5.34. The molecular formula is C8H14N2O. The second-order valence-electron chi connectivity index (χ2n) is 1.76. The zero-order valence-corrected chi connectivity index (χ0v) is 7.46. The average Bonchev–Trinajstić information content (AvgIpc) is 2.59. The number of allylic oxidation sites excluding steroid dienone is 2. The molecular weight excluding hydrogens is 140 g/mol. The fraction of sp³-hybridized carbons (Fsp3) is 0.500. The molecule has 0 N–H and O–H groups in total. The van der Waals surface area contributed by atoms with E-state index in [1.807, 2.05) is 33.8 Å². The van der Waals surface area contributed by atoms with E-state index in [4.69, 9.17) is 0 Å². The summed E-state index contributed by atoms with van der Waals surface area (Å²) in [6.07, 6.45) is 3.55. The Morgan fingerprint density at radius 1 is 1.55 bits per heavy atom. The van der Waals surface area contributed by atoms with E-state index in [1.165, 1.54) is 0 Å². The topological polar surface area (TPSA) is 38.9 Å². The largest absolute Gasteiger partial charge is 0.244 e. The van der Waals surface area contributed by atoms with Gasteiger partial charge in [-0.15, -0.1) is 0 Å². The van der Waals surface area contributed by atoms with Crippen LogP contribution in [0.1, 0.15) is 33.4 Å². The second-order valence-corrected chi connectivity index (χ2v) is 1.76. The summed E-state index contributed by atoms with van der Waals surface area (Å²) in [5, 5.41) is 7.10. The first-order valence-electron chi connectivity index (χ1n) is 3.75. The van der Waals surface area contributed by atoms with Crippen LogP contribution < -0.4 is 0 Å². The summed E-state index contributed by atoms with van der Waals surface area (Å²) in [7, 11) is 0. The first-order valence-corrected chi connectivity index (χ1v) is 3.75. The van der Waals surface area contributed by atoms with Gasteiger partial charge in [-0.05, 0) is 19.4 Å². The molecule has 1 heterocycles. The third-order valence-electron chi connectivity index (χ3n) is 1.20. The van der Waals surface area contributed by atoms with Crippen LogP contribution in [0.15, 0.2) is 16.9 Å². The van der Waals surface area contributed by atoms with Crippen molar-refractivity contribution in [2.75, 3.05) is 0 Å². The van der Waals surface area contributed by atoms with Crippen LogP contribution in [0.4, 0.5) is 0 Å². The van der Waals surface area contributed by atoms with Crippen LogP contribution in [0.2, 0.25) is 0 Å². The quantitative estimate of drug-likeness (QED) is 0.623. The van der Waals surface area contributed by atoms with Gasteiger partial charge in [0.2, 0.25) is 0 Å². The van der Waals surface area contributed by atoms with E-state index in [0.29, 0.717) is 0 Å². The molecule has 1 aromatic rings. The third kappa shape index (κ3) is 2.98. The summed E-state index contributed by atoms with van der Waals surface area (Å²) in [6.45, 7) is 7.91. The molecule has 0 amide bonds. The molecule has 0 aliphatic carbocycles. The van der Waals surface area contributed by atoms with Crippen LogP contribution in [0, 0.1) is 0 Å². The van der Waals surface area contributed by atoms with E-state index in [1.54, 1.807) is 6.20 Å². The van der Waals surface area contributed by atoms with Gasteiger partial charge in [-0.2, -0.15) is 0 Å². The maximum Gasteiger partial charge on any atom is 0.130 e. The minimum absolute atomic E-state index is 0.803. The lowest BCUT2D eigenvalue weighted by Gasteiger charge is -1.85. The van der Waals surface area contributed by atoms with Crippen molar-refractivity contribution in [3.05, 3.63) is 18.0 Å². The Kier molecular flexibility index (Phi) is 5.07. The fourth-order valence-electron chi connectivity index (χ4n) is 0.486. The van der Waals surface area contributed by atoms with Crippen molar-refractivity contribution in [3.8, 4) is 0 Å². The molecule has 0 radical (unpaired) electrons. The van der Waals surface area contributed by atoms with Crippen molar-refractivity contribution in [1.82, 2.24) is 10.3 Å². The Morgan fingerprint density at radius 3 is 2.55 bits per heavy atom. The molecule has 0 saturated carbocycles. The first kappa shape index (κ1) is 9.88. The van der Waals surface area contributed by atoms with E-state index in [0.717, 1.165) is 11.3 Å². The normalized spacial score (nSPS) is 10.4. The molecule has 0 aliphatic heterocycles. The smallest absolute Gasteiger partial charge is 0.130 e. The molecule has 1 aromatic heterocycles. The van der Waals surface area contributed by atoms with E-state index in [2.05, 4.69) is 14.9 Å². The predicted octanol–water partition coefficient (Wildman–Crippen LogP) is 2.52. The predicted molar refractivity (Wildman–Crippen MR) is 45.0 cm³/mol. The Morgan fingerprint density at radius 2 is 2.18 bits per heavy atom.